The van der Waals surface area contributed by atoms with Crippen molar-refractivity contribution in [2.45, 2.75) is 20.2 Å². The fourth-order valence-electron chi connectivity index (χ4n) is 0.957. The highest BCUT2D eigenvalue weighted by Gasteiger charge is 2.17. The molecule has 0 aliphatic rings. The molecule has 1 rings (SSSR count). The van der Waals surface area contributed by atoms with Gasteiger partial charge in [0, 0.05) is 0 Å². The van der Waals surface area contributed by atoms with Crippen LogP contribution in [-0.4, -0.2) is 17.4 Å². The summed E-state index contributed by atoms with van der Waals surface area (Å²) in [6, 6.07) is 4.89. The lowest BCUT2D eigenvalue weighted by molar-refractivity contribution is -0.153. The van der Waals surface area contributed by atoms with Gasteiger partial charge < -0.3 is 9.84 Å². The topological polar surface area (TPSA) is 46.5 Å². The average Bonchev–Trinajstić information content (AvgIpc) is 2.11. The van der Waals surface area contributed by atoms with Gasteiger partial charge in [-0.1, -0.05) is 6.07 Å². The van der Waals surface area contributed by atoms with Crippen LogP contribution >= 0.6 is 0 Å². The van der Waals surface area contributed by atoms with Gasteiger partial charge in [0.15, 0.2) is 0 Å². The molecule has 0 heterocycles. The Labute approximate surface area is 81.1 Å². The van der Waals surface area contributed by atoms with Gasteiger partial charge in [-0.15, -0.1) is 0 Å². The van der Waals surface area contributed by atoms with E-state index in [0.717, 1.165) is 11.1 Å². The minimum absolute atomic E-state index is 0.225. The minimum Gasteiger partial charge on any atom is -0.476 e. The second-order valence-corrected chi connectivity index (χ2v) is 3.02. The normalized spacial score (nSPS) is 12.2. The van der Waals surface area contributed by atoms with Gasteiger partial charge in [-0.3, -0.25) is 0 Å². The molecule has 0 fully saturated rings. The first-order chi connectivity index (χ1) is 6.50. The van der Waals surface area contributed by atoms with Crippen LogP contribution in [0.25, 0.3) is 0 Å². The molecule has 14 heavy (non-hydrogen) atoms. The van der Waals surface area contributed by atoms with Gasteiger partial charge in [-0.25, -0.2) is 4.79 Å². The minimum atomic E-state index is -2.31. The molecule has 0 saturated heterocycles. The van der Waals surface area contributed by atoms with Crippen LogP contribution in [0, 0.1) is 13.8 Å². The molecule has 0 radical (unpaired) electrons. The predicted molar refractivity (Wildman–Crippen MR) is 49.1 cm³/mol. The summed E-state index contributed by atoms with van der Waals surface area (Å²) in [6.07, 6.45) is -2.31. The number of halogens is 1. The Balaban J connectivity index is 2.78. The highest BCUT2D eigenvalue weighted by Crippen LogP contribution is 2.17. The summed E-state index contributed by atoms with van der Waals surface area (Å²) in [4.78, 5) is 10.2. The van der Waals surface area contributed by atoms with Gasteiger partial charge in [0.05, 0.1) is 0 Å². The second kappa shape index (κ2) is 4.09. The van der Waals surface area contributed by atoms with Crippen molar-refractivity contribution in [3.8, 4) is 5.75 Å². The first-order valence-corrected chi connectivity index (χ1v) is 4.11. The van der Waals surface area contributed by atoms with Crippen LogP contribution in [0.15, 0.2) is 18.2 Å². The largest absolute Gasteiger partial charge is 0.476 e. The van der Waals surface area contributed by atoms with Crippen molar-refractivity contribution < 1.29 is 19.0 Å². The number of aliphatic carboxylic acids is 1. The molecule has 4 heteroatoms. The summed E-state index contributed by atoms with van der Waals surface area (Å²) < 4.78 is 17.2. The second-order valence-electron chi connectivity index (χ2n) is 3.02. The lowest BCUT2D eigenvalue weighted by Crippen LogP contribution is -2.21. The molecule has 1 N–H and O–H groups in total. The average molecular weight is 198 g/mol. The van der Waals surface area contributed by atoms with Gasteiger partial charge in [-0.05, 0) is 37.1 Å². The van der Waals surface area contributed by atoms with Gasteiger partial charge >= 0.3 is 12.3 Å². The summed E-state index contributed by atoms with van der Waals surface area (Å²) in [6.45, 7) is 3.75. The predicted octanol–water partition coefficient (Wildman–Crippen LogP) is 2.06. The highest BCUT2D eigenvalue weighted by atomic mass is 19.1. The number of aryl methyl sites for hydroxylation is 2. The fraction of sp³-hybridized carbons (Fsp3) is 0.300. The van der Waals surface area contributed by atoms with E-state index in [1.54, 1.807) is 12.1 Å². The van der Waals surface area contributed by atoms with E-state index in [4.69, 9.17) is 5.11 Å². The Kier molecular flexibility index (Phi) is 3.06. The first-order valence-electron chi connectivity index (χ1n) is 4.11. The molecule has 0 aliphatic heterocycles. The van der Waals surface area contributed by atoms with Crippen molar-refractivity contribution in [2.75, 3.05) is 0 Å². The number of hydrogen-bond donors (Lipinski definition) is 1. The van der Waals surface area contributed by atoms with Crippen LogP contribution in [0.3, 0.4) is 0 Å². The summed E-state index contributed by atoms with van der Waals surface area (Å²) in [5, 5.41) is 8.27. The lowest BCUT2D eigenvalue weighted by atomic mass is 10.1. The van der Waals surface area contributed by atoms with Crippen molar-refractivity contribution in [2.24, 2.45) is 0 Å². The van der Waals surface area contributed by atoms with Crippen LogP contribution in [0.1, 0.15) is 11.1 Å². The zero-order valence-corrected chi connectivity index (χ0v) is 7.95. The SMILES string of the molecule is Cc1ccc(OC(F)C(=O)O)cc1C. The molecule has 3 nitrogen and oxygen atoms in total. The van der Waals surface area contributed by atoms with Crippen LogP contribution in [0.2, 0.25) is 0 Å². The smallest absolute Gasteiger partial charge is 0.378 e. The Morgan fingerprint density at radius 1 is 1.43 bits per heavy atom. The van der Waals surface area contributed by atoms with E-state index in [2.05, 4.69) is 4.74 Å². The third-order valence-electron chi connectivity index (χ3n) is 1.91. The van der Waals surface area contributed by atoms with Gasteiger partial charge in [0.25, 0.3) is 0 Å². The maximum atomic E-state index is 12.6. The Bertz CT molecular complexity index is 349. The number of carboxylic acids is 1. The van der Waals surface area contributed by atoms with Crippen molar-refractivity contribution in [3.05, 3.63) is 29.3 Å². The van der Waals surface area contributed by atoms with Crippen LogP contribution in [-0.2, 0) is 4.79 Å². The van der Waals surface area contributed by atoms with Crippen molar-refractivity contribution >= 4 is 5.97 Å². The van der Waals surface area contributed by atoms with E-state index in [0.29, 0.717) is 0 Å². The molecule has 1 aromatic rings. The molecule has 1 unspecified atom stereocenters. The number of benzene rings is 1. The van der Waals surface area contributed by atoms with E-state index >= 15 is 0 Å². The molecule has 1 aromatic carbocycles. The summed E-state index contributed by atoms with van der Waals surface area (Å²) in [5.41, 5.74) is 1.98. The maximum absolute atomic E-state index is 12.6. The summed E-state index contributed by atoms with van der Waals surface area (Å²) in [5.74, 6) is -1.40. The molecule has 0 spiro atoms. The van der Waals surface area contributed by atoms with Crippen molar-refractivity contribution in [1.82, 2.24) is 0 Å². The van der Waals surface area contributed by atoms with Gasteiger partial charge in [0.2, 0.25) is 0 Å². The van der Waals surface area contributed by atoms with E-state index in [9.17, 15) is 9.18 Å². The molecule has 1 atom stereocenters. The maximum Gasteiger partial charge on any atom is 0.378 e. The number of alkyl halides is 1. The number of hydrogen-bond acceptors (Lipinski definition) is 2. The molecule has 76 valence electrons. The monoisotopic (exact) mass is 198 g/mol. The number of carboxylic acid groups (broad SMARTS) is 1. The standard InChI is InChI=1S/C10H11FO3/c1-6-3-4-8(5-7(6)2)14-9(11)10(12)13/h3-5,9H,1-2H3,(H,12,13). The van der Waals surface area contributed by atoms with Crippen LogP contribution in [0.4, 0.5) is 4.39 Å². The molecule has 0 aliphatic carbocycles. The van der Waals surface area contributed by atoms with Crippen molar-refractivity contribution in [3.63, 3.8) is 0 Å². The van der Waals surface area contributed by atoms with E-state index in [-0.39, 0.29) is 5.75 Å². The van der Waals surface area contributed by atoms with Gasteiger partial charge in [-0.2, -0.15) is 4.39 Å². The lowest BCUT2D eigenvalue weighted by Gasteiger charge is -2.08. The number of rotatable bonds is 3. The van der Waals surface area contributed by atoms with Crippen LogP contribution in [0.5, 0.6) is 5.75 Å². The Morgan fingerprint density at radius 2 is 2.07 bits per heavy atom. The van der Waals surface area contributed by atoms with E-state index < -0.39 is 12.3 Å². The fourth-order valence-corrected chi connectivity index (χ4v) is 0.957. The Morgan fingerprint density at radius 3 is 2.57 bits per heavy atom. The molecular formula is C10H11FO3. The quantitative estimate of drug-likeness (QED) is 0.808. The Hall–Kier alpha value is -1.58. The number of ether oxygens (including phenoxy) is 1. The van der Waals surface area contributed by atoms with Gasteiger partial charge in [0.1, 0.15) is 5.75 Å². The summed E-state index contributed by atoms with van der Waals surface area (Å²) in [7, 11) is 0. The zero-order valence-electron chi connectivity index (χ0n) is 7.95. The molecule has 0 amide bonds. The zero-order chi connectivity index (χ0) is 10.7. The third kappa shape index (κ3) is 2.45. The third-order valence-corrected chi connectivity index (χ3v) is 1.91. The molecule has 0 aromatic heterocycles. The highest BCUT2D eigenvalue weighted by molar-refractivity contribution is 5.70. The van der Waals surface area contributed by atoms with E-state index in [1.807, 2.05) is 13.8 Å². The molecular weight excluding hydrogens is 187 g/mol. The first kappa shape index (κ1) is 10.5. The van der Waals surface area contributed by atoms with E-state index in [1.165, 1.54) is 6.07 Å². The van der Waals surface area contributed by atoms with Crippen LogP contribution < -0.4 is 4.74 Å². The molecule has 0 bridgehead atoms. The number of carbonyl (C=O) groups is 1. The van der Waals surface area contributed by atoms with Crippen molar-refractivity contribution in [1.29, 1.82) is 0 Å². The molecule has 0 saturated carbocycles. The summed E-state index contributed by atoms with van der Waals surface area (Å²) >= 11 is 0.